The van der Waals surface area contributed by atoms with Gasteiger partial charge in [-0.3, -0.25) is 9.78 Å². The minimum absolute atomic E-state index is 0.0220. The van der Waals surface area contributed by atoms with E-state index in [9.17, 15) is 4.79 Å². The highest BCUT2D eigenvalue weighted by molar-refractivity contribution is 5.93. The monoisotopic (exact) mass is 338 g/mol. The summed E-state index contributed by atoms with van der Waals surface area (Å²) in [6, 6.07) is 5.96. The molecule has 2 aromatic heterocycles. The van der Waals surface area contributed by atoms with Crippen molar-refractivity contribution in [1.82, 2.24) is 19.9 Å². The molecule has 2 aliphatic rings. The Balaban J connectivity index is 1.48. The van der Waals surface area contributed by atoms with Crippen LogP contribution in [-0.4, -0.2) is 52.1 Å². The van der Waals surface area contributed by atoms with Gasteiger partial charge in [0.15, 0.2) is 0 Å². The van der Waals surface area contributed by atoms with Crippen LogP contribution in [0.5, 0.6) is 0 Å². The molecule has 2 aromatic rings. The molecule has 6 nitrogen and oxygen atoms in total. The van der Waals surface area contributed by atoms with E-state index in [-0.39, 0.29) is 17.7 Å². The van der Waals surface area contributed by atoms with Crippen LogP contribution in [0.4, 0.5) is 0 Å². The van der Waals surface area contributed by atoms with Gasteiger partial charge in [0.25, 0.3) is 5.91 Å². The van der Waals surface area contributed by atoms with E-state index in [0.29, 0.717) is 25.3 Å². The quantitative estimate of drug-likeness (QED) is 0.807. The summed E-state index contributed by atoms with van der Waals surface area (Å²) >= 11 is 0. The Labute approximate surface area is 147 Å². The Morgan fingerprint density at radius 3 is 2.72 bits per heavy atom. The lowest BCUT2D eigenvalue weighted by molar-refractivity contribution is 0.0738. The van der Waals surface area contributed by atoms with Crippen molar-refractivity contribution in [2.45, 2.75) is 18.8 Å². The molecular weight excluding hydrogens is 316 g/mol. The fourth-order valence-electron chi connectivity index (χ4n) is 3.40. The summed E-state index contributed by atoms with van der Waals surface area (Å²) in [7, 11) is 0. The van der Waals surface area contributed by atoms with Crippen LogP contribution in [0.3, 0.4) is 0 Å². The Morgan fingerprint density at radius 1 is 1.16 bits per heavy atom. The minimum Gasteiger partial charge on any atom is -0.381 e. The molecule has 0 unspecified atom stereocenters. The van der Waals surface area contributed by atoms with E-state index in [2.05, 4.69) is 15.0 Å². The Hall–Kier alpha value is -2.34. The lowest BCUT2D eigenvalue weighted by Gasteiger charge is -2.17. The molecule has 130 valence electrons. The van der Waals surface area contributed by atoms with Crippen LogP contribution >= 0.6 is 0 Å². The number of hydrogen-bond acceptors (Lipinski definition) is 5. The molecule has 1 aliphatic carbocycles. The first kappa shape index (κ1) is 16.1. The van der Waals surface area contributed by atoms with Gasteiger partial charge < -0.3 is 9.64 Å². The highest BCUT2D eigenvalue weighted by atomic mass is 16.5. The number of aromatic nitrogens is 3. The number of pyridine rings is 1. The second kappa shape index (κ2) is 7.27. The fraction of sp³-hybridized carbons (Fsp3) is 0.474. The van der Waals surface area contributed by atoms with Crippen molar-refractivity contribution in [3.05, 3.63) is 54.4 Å². The summed E-state index contributed by atoms with van der Waals surface area (Å²) in [4.78, 5) is 27.0. The van der Waals surface area contributed by atoms with Crippen molar-refractivity contribution >= 4 is 5.91 Å². The molecule has 0 spiro atoms. The van der Waals surface area contributed by atoms with Gasteiger partial charge in [0.2, 0.25) is 0 Å². The van der Waals surface area contributed by atoms with Crippen molar-refractivity contribution in [2.24, 2.45) is 11.8 Å². The van der Waals surface area contributed by atoms with Crippen LogP contribution in [0.1, 0.15) is 34.8 Å². The summed E-state index contributed by atoms with van der Waals surface area (Å²) in [5.74, 6) is 1.19. The van der Waals surface area contributed by atoms with Crippen molar-refractivity contribution in [1.29, 1.82) is 0 Å². The van der Waals surface area contributed by atoms with Crippen molar-refractivity contribution in [3.63, 3.8) is 0 Å². The van der Waals surface area contributed by atoms with Gasteiger partial charge in [-0.1, -0.05) is 6.07 Å². The molecule has 2 atom stereocenters. The Kier molecular flexibility index (Phi) is 4.70. The molecule has 25 heavy (non-hydrogen) atoms. The van der Waals surface area contributed by atoms with E-state index >= 15 is 0 Å². The van der Waals surface area contributed by atoms with Gasteiger partial charge in [0, 0.05) is 55.8 Å². The molecule has 4 rings (SSSR count). The SMILES string of the molecule is O=C(c1cncnc1)N1C[C@@H](COCC2CC2)[C@H](c2ccccn2)C1. The van der Waals surface area contributed by atoms with Gasteiger partial charge in [-0.25, -0.2) is 9.97 Å². The summed E-state index contributed by atoms with van der Waals surface area (Å²) in [6.07, 6.45) is 8.96. The molecule has 0 radical (unpaired) electrons. The van der Waals surface area contributed by atoms with Crippen LogP contribution in [0.2, 0.25) is 0 Å². The number of hydrogen-bond donors (Lipinski definition) is 0. The second-order valence-electron chi connectivity index (χ2n) is 6.94. The Bertz CT molecular complexity index is 706. The molecule has 3 heterocycles. The predicted molar refractivity (Wildman–Crippen MR) is 91.9 cm³/mol. The number of amides is 1. The smallest absolute Gasteiger partial charge is 0.257 e. The average Bonchev–Trinajstić information content (AvgIpc) is 3.40. The molecule has 1 saturated carbocycles. The topological polar surface area (TPSA) is 68.2 Å². The first-order valence-electron chi connectivity index (χ1n) is 8.84. The van der Waals surface area contributed by atoms with Crippen LogP contribution in [0.25, 0.3) is 0 Å². The molecule has 2 fully saturated rings. The van der Waals surface area contributed by atoms with Crippen molar-refractivity contribution in [2.75, 3.05) is 26.3 Å². The first-order valence-corrected chi connectivity index (χ1v) is 8.84. The maximum atomic E-state index is 12.7. The largest absolute Gasteiger partial charge is 0.381 e. The van der Waals surface area contributed by atoms with Crippen LogP contribution < -0.4 is 0 Å². The van der Waals surface area contributed by atoms with E-state index in [1.54, 1.807) is 12.4 Å². The van der Waals surface area contributed by atoms with Crippen molar-refractivity contribution < 1.29 is 9.53 Å². The van der Waals surface area contributed by atoms with E-state index < -0.39 is 0 Å². The van der Waals surface area contributed by atoms with Gasteiger partial charge >= 0.3 is 0 Å². The lowest BCUT2D eigenvalue weighted by atomic mass is 9.93. The standard InChI is InChI=1S/C19H22N4O2/c24-19(15-7-20-13-21-8-15)23-9-16(12-25-11-14-4-5-14)17(10-23)18-3-1-2-6-22-18/h1-3,6-8,13-14,16-17H,4-5,9-12H2/t16-,17+/m0/s1. The molecular formula is C19H22N4O2. The third kappa shape index (κ3) is 3.85. The van der Waals surface area contributed by atoms with Crippen LogP contribution in [0.15, 0.2) is 43.1 Å². The predicted octanol–water partition coefficient (Wildman–Crippen LogP) is 2.15. The number of ether oxygens (including phenoxy) is 1. The fourth-order valence-corrected chi connectivity index (χ4v) is 3.40. The minimum atomic E-state index is -0.0220. The molecule has 1 aliphatic heterocycles. The zero-order valence-electron chi connectivity index (χ0n) is 14.1. The van der Waals surface area contributed by atoms with Gasteiger partial charge in [-0.15, -0.1) is 0 Å². The molecule has 0 aromatic carbocycles. The zero-order valence-corrected chi connectivity index (χ0v) is 14.1. The van der Waals surface area contributed by atoms with E-state index in [0.717, 1.165) is 18.2 Å². The maximum Gasteiger partial charge on any atom is 0.257 e. The number of carbonyl (C=O) groups excluding carboxylic acids is 1. The summed E-state index contributed by atoms with van der Waals surface area (Å²) in [5.41, 5.74) is 1.56. The lowest BCUT2D eigenvalue weighted by Crippen LogP contribution is -2.29. The number of nitrogens with zero attached hydrogens (tertiary/aromatic N) is 4. The molecule has 0 N–H and O–H groups in total. The molecule has 1 saturated heterocycles. The molecule has 0 bridgehead atoms. The van der Waals surface area contributed by atoms with Gasteiger partial charge in [-0.05, 0) is 30.9 Å². The van der Waals surface area contributed by atoms with E-state index in [1.807, 2.05) is 29.3 Å². The summed E-state index contributed by atoms with van der Waals surface area (Å²) < 4.78 is 5.94. The van der Waals surface area contributed by atoms with Crippen molar-refractivity contribution in [3.8, 4) is 0 Å². The zero-order chi connectivity index (χ0) is 17.1. The molecule has 6 heteroatoms. The van der Waals surface area contributed by atoms with E-state index in [4.69, 9.17) is 4.74 Å². The second-order valence-corrected chi connectivity index (χ2v) is 6.94. The number of likely N-dealkylation sites (tertiary alicyclic amines) is 1. The highest BCUT2D eigenvalue weighted by Crippen LogP contribution is 2.34. The Morgan fingerprint density at radius 2 is 2.00 bits per heavy atom. The van der Waals surface area contributed by atoms with Crippen LogP contribution in [-0.2, 0) is 4.74 Å². The summed E-state index contributed by atoms with van der Waals surface area (Å²) in [5, 5.41) is 0. The van der Waals surface area contributed by atoms with Gasteiger partial charge in [0.1, 0.15) is 6.33 Å². The summed E-state index contributed by atoms with van der Waals surface area (Å²) in [6.45, 7) is 2.85. The number of carbonyl (C=O) groups is 1. The molecule has 1 amide bonds. The third-order valence-corrected chi connectivity index (χ3v) is 4.99. The third-order valence-electron chi connectivity index (χ3n) is 4.99. The average molecular weight is 338 g/mol. The van der Waals surface area contributed by atoms with Crippen LogP contribution in [0, 0.1) is 11.8 Å². The van der Waals surface area contributed by atoms with Gasteiger partial charge in [-0.2, -0.15) is 0 Å². The normalized spacial score (nSPS) is 23.0. The van der Waals surface area contributed by atoms with E-state index in [1.165, 1.54) is 19.2 Å². The maximum absolute atomic E-state index is 12.7. The highest BCUT2D eigenvalue weighted by Gasteiger charge is 2.37. The van der Waals surface area contributed by atoms with Gasteiger partial charge in [0.05, 0.1) is 12.2 Å². The first-order chi connectivity index (χ1) is 12.3. The number of rotatable bonds is 6.